The van der Waals surface area contributed by atoms with Crippen LogP contribution in [0, 0.1) is 5.92 Å². The van der Waals surface area contributed by atoms with Crippen molar-refractivity contribution in [2.75, 3.05) is 31.1 Å². The summed E-state index contributed by atoms with van der Waals surface area (Å²) in [6.45, 7) is 2.74. The van der Waals surface area contributed by atoms with Gasteiger partial charge in [0, 0.05) is 30.0 Å². The summed E-state index contributed by atoms with van der Waals surface area (Å²) in [6, 6.07) is 15.5. The van der Waals surface area contributed by atoms with E-state index in [1.165, 1.54) is 0 Å². The lowest BCUT2D eigenvalue weighted by molar-refractivity contribution is -0.126. The second-order valence-corrected chi connectivity index (χ2v) is 8.28. The van der Waals surface area contributed by atoms with Crippen LogP contribution in [0.2, 0.25) is 0 Å². The summed E-state index contributed by atoms with van der Waals surface area (Å²) in [6.07, 6.45) is 1.37. The van der Waals surface area contributed by atoms with Crippen molar-refractivity contribution in [3.63, 3.8) is 0 Å². The number of para-hydroxylation sites is 2. The van der Waals surface area contributed by atoms with Crippen molar-refractivity contribution < 1.29 is 14.3 Å². The number of likely N-dealkylation sites (tertiary alicyclic amines) is 1. The van der Waals surface area contributed by atoms with Crippen LogP contribution in [-0.4, -0.2) is 43.1 Å². The van der Waals surface area contributed by atoms with E-state index in [0.29, 0.717) is 45.6 Å². The van der Waals surface area contributed by atoms with Gasteiger partial charge in [0.05, 0.1) is 12.2 Å². The quantitative estimate of drug-likeness (QED) is 0.762. The molecule has 2 heterocycles. The summed E-state index contributed by atoms with van der Waals surface area (Å²) in [5.41, 5.74) is 1.88. The number of rotatable bonds is 3. The summed E-state index contributed by atoms with van der Waals surface area (Å²) >= 11 is 3.45. The number of urea groups is 1. The molecule has 7 heteroatoms. The number of amides is 3. The fraction of sp³-hybridized carbons (Fsp3) is 0.364. The summed E-state index contributed by atoms with van der Waals surface area (Å²) in [5.74, 6) is 0.755. The predicted octanol–water partition coefficient (Wildman–Crippen LogP) is 3.80. The molecule has 29 heavy (non-hydrogen) atoms. The highest BCUT2D eigenvalue weighted by atomic mass is 79.9. The molecular formula is C22H24BrN3O3. The van der Waals surface area contributed by atoms with E-state index >= 15 is 0 Å². The van der Waals surface area contributed by atoms with Crippen LogP contribution in [0.4, 0.5) is 10.5 Å². The maximum atomic E-state index is 13.0. The van der Waals surface area contributed by atoms with E-state index in [-0.39, 0.29) is 17.9 Å². The van der Waals surface area contributed by atoms with E-state index in [1.54, 1.807) is 4.90 Å². The molecule has 0 unspecified atom stereocenters. The van der Waals surface area contributed by atoms with Gasteiger partial charge in [0.1, 0.15) is 12.4 Å². The highest BCUT2D eigenvalue weighted by Crippen LogP contribution is 2.32. The molecule has 0 radical (unpaired) electrons. The number of hydrogen-bond acceptors (Lipinski definition) is 3. The van der Waals surface area contributed by atoms with Crippen LogP contribution in [0.25, 0.3) is 0 Å². The van der Waals surface area contributed by atoms with Gasteiger partial charge in [0.2, 0.25) is 5.91 Å². The Labute approximate surface area is 178 Å². The first-order valence-corrected chi connectivity index (χ1v) is 10.7. The minimum absolute atomic E-state index is 0.00579. The topological polar surface area (TPSA) is 61.9 Å². The minimum atomic E-state index is -0.0526. The minimum Gasteiger partial charge on any atom is -0.490 e. The lowest BCUT2D eigenvalue weighted by Gasteiger charge is -2.37. The monoisotopic (exact) mass is 457 g/mol. The molecule has 0 atom stereocenters. The Bertz CT molecular complexity index is 896. The third-order valence-electron chi connectivity index (χ3n) is 5.45. The van der Waals surface area contributed by atoms with E-state index in [0.717, 1.165) is 21.5 Å². The third kappa shape index (κ3) is 4.56. The second-order valence-electron chi connectivity index (χ2n) is 7.36. The van der Waals surface area contributed by atoms with E-state index in [9.17, 15) is 9.59 Å². The Morgan fingerprint density at radius 1 is 1.07 bits per heavy atom. The van der Waals surface area contributed by atoms with Gasteiger partial charge in [0.15, 0.2) is 0 Å². The molecule has 4 rings (SSSR count). The van der Waals surface area contributed by atoms with Crippen molar-refractivity contribution in [3.8, 4) is 5.75 Å². The number of nitrogens with one attached hydrogen (secondary N) is 1. The fourth-order valence-electron chi connectivity index (χ4n) is 3.85. The molecule has 2 aromatic carbocycles. The molecule has 0 bridgehead atoms. The maximum Gasteiger partial charge on any atom is 0.324 e. The average Bonchev–Trinajstić information content (AvgIpc) is 2.77. The van der Waals surface area contributed by atoms with Crippen molar-refractivity contribution in [2.45, 2.75) is 19.4 Å². The zero-order valence-electron chi connectivity index (χ0n) is 16.1. The van der Waals surface area contributed by atoms with Crippen LogP contribution in [-0.2, 0) is 11.3 Å². The number of piperidine rings is 1. The SMILES string of the molecule is O=C(NCc1cccc(Br)c1)C1CCN(C(=O)N2CCOc3ccccc32)CC1. The summed E-state index contributed by atoms with van der Waals surface area (Å²) in [7, 11) is 0. The van der Waals surface area contributed by atoms with Gasteiger partial charge in [-0.25, -0.2) is 4.79 Å². The standard InChI is InChI=1S/C22H24BrN3O3/c23-18-5-3-4-16(14-18)15-24-21(27)17-8-10-25(11-9-17)22(28)26-12-13-29-20-7-2-1-6-19(20)26/h1-7,14,17H,8-13,15H2,(H,24,27). The lowest BCUT2D eigenvalue weighted by Crippen LogP contribution is -2.50. The van der Waals surface area contributed by atoms with Gasteiger partial charge in [-0.15, -0.1) is 0 Å². The molecule has 0 aromatic heterocycles. The van der Waals surface area contributed by atoms with E-state index in [4.69, 9.17) is 4.74 Å². The Kier molecular flexibility index (Phi) is 6.04. The van der Waals surface area contributed by atoms with Gasteiger partial charge in [-0.2, -0.15) is 0 Å². The fourth-order valence-corrected chi connectivity index (χ4v) is 4.30. The molecule has 0 saturated carbocycles. The molecule has 1 saturated heterocycles. The predicted molar refractivity (Wildman–Crippen MR) is 115 cm³/mol. The number of ether oxygens (including phenoxy) is 1. The van der Waals surface area contributed by atoms with E-state index in [2.05, 4.69) is 21.2 Å². The van der Waals surface area contributed by atoms with Gasteiger partial charge < -0.3 is 15.0 Å². The summed E-state index contributed by atoms with van der Waals surface area (Å²) in [4.78, 5) is 29.2. The molecular weight excluding hydrogens is 434 g/mol. The van der Waals surface area contributed by atoms with Crippen LogP contribution in [0.3, 0.4) is 0 Å². The third-order valence-corrected chi connectivity index (χ3v) is 5.94. The van der Waals surface area contributed by atoms with Gasteiger partial charge in [-0.1, -0.05) is 40.2 Å². The Balaban J connectivity index is 1.30. The number of fused-ring (bicyclic) bond motifs is 1. The van der Waals surface area contributed by atoms with E-state index < -0.39 is 0 Å². The molecule has 1 N–H and O–H groups in total. The Morgan fingerprint density at radius 3 is 2.66 bits per heavy atom. The van der Waals surface area contributed by atoms with Crippen molar-refractivity contribution >= 4 is 33.6 Å². The van der Waals surface area contributed by atoms with Gasteiger partial charge in [0.25, 0.3) is 0 Å². The van der Waals surface area contributed by atoms with Crippen molar-refractivity contribution in [3.05, 3.63) is 58.6 Å². The molecule has 6 nitrogen and oxygen atoms in total. The van der Waals surface area contributed by atoms with Crippen molar-refractivity contribution in [1.29, 1.82) is 0 Å². The zero-order valence-corrected chi connectivity index (χ0v) is 17.7. The zero-order chi connectivity index (χ0) is 20.2. The number of hydrogen-bond donors (Lipinski definition) is 1. The smallest absolute Gasteiger partial charge is 0.324 e. The number of halogens is 1. The summed E-state index contributed by atoms with van der Waals surface area (Å²) < 4.78 is 6.64. The van der Waals surface area contributed by atoms with Crippen molar-refractivity contribution in [1.82, 2.24) is 10.2 Å². The van der Waals surface area contributed by atoms with Gasteiger partial charge in [-0.3, -0.25) is 9.69 Å². The first-order chi connectivity index (χ1) is 14.1. The van der Waals surface area contributed by atoms with Crippen LogP contribution in [0.15, 0.2) is 53.0 Å². The van der Waals surface area contributed by atoms with Gasteiger partial charge in [-0.05, 0) is 42.7 Å². The highest BCUT2D eigenvalue weighted by molar-refractivity contribution is 9.10. The molecule has 1 fully saturated rings. The number of carbonyl (C=O) groups excluding carboxylic acids is 2. The maximum absolute atomic E-state index is 13.0. The van der Waals surface area contributed by atoms with Crippen LogP contribution < -0.4 is 15.0 Å². The molecule has 3 amide bonds. The Morgan fingerprint density at radius 2 is 1.86 bits per heavy atom. The average molecular weight is 458 g/mol. The molecule has 2 aromatic rings. The summed E-state index contributed by atoms with van der Waals surface area (Å²) in [5, 5.41) is 3.03. The van der Waals surface area contributed by atoms with Crippen LogP contribution in [0.5, 0.6) is 5.75 Å². The molecule has 0 aliphatic carbocycles. The Hall–Kier alpha value is -2.54. The largest absolute Gasteiger partial charge is 0.490 e. The number of anilines is 1. The number of carbonyl (C=O) groups is 2. The van der Waals surface area contributed by atoms with Crippen LogP contribution in [0.1, 0.15) is 18.4 Å². The second kappa shape index (κ2) is 8.86. The van der Waals surface area contributed by atoms with Gasteiger partial charge >= 0.3 is 6.03 Å². The first kappa shape index (κ1) is 19.8. The first-order valence-electron chi connectivity index (χ1n) is 9.92. The lowest BCUT2D eigenvalue weighted by atomic mass is 9.96. The molecule has 0 spiro atoms. The normalized spacial score (nSPS) is 16.7. The van der Waals surface area contributed by atoms with Crippen LogP contribution >= 0.6 is 15.9 Å². The molecule has 152 valence electrons. The molecule has 2 aliphatic heterocycles. The van der Waals surface area contributed by atoms with E-state index in [1.807, 2.05) is 53.4 Å². The van der Waals surface area contributed by atoms with Crippen molar-refractivity contribution in [2.24, 2.45) is 5.92 Å². The molecule has 2 aliphatic rings. The number of nitrogens with zero attached hydrogens (tertiary/aromatic N) is 2. The highest BCUT2D eigenvalue weighted by Gasteiger charge is 2.32. The number of benzene rings is 2.